The maximum Gasteiger partial charge on any atom is 0.306 e. The number of rotatable bonds is 5. The fourth-order valence-electron chi connectivity index (χ4n) is 2.06. The summed E-state index contributed by atoms with van der Waals surface area (Å²) in [5, 5.41) is 8.87. The van der Waals surface area contributed by atoms with Gasteiger partial charge in [-0.15, -0.1) is 0 Å². The number of carboxylic acids is 1. The second kappa shape index (κ2) is 6.43. The molecule has 0 radical (unpaired) electrons. The minimum Gasteiger partial charge on any atom is -0.481 e. The van der Waals surface area contributed by atoms with Crippen LogP contribution in [0.25, 0.3) is 0 Å². The van der Waals surface area contributed by atoms with Crippen molar-refractivity contribution in [3.8, 4) is 5.75 Å². The first-order valence-electron chi connectivity index (χ1n) is 6.47. The monoisotopic (exact) mass is 359 g/mol. The quantitative estimate of drug-likeness (QED) is 0.874. The zero-order valence-corrected chi connectivity index (χ0v) is 13.0. The van der Waals surface area contributed by atoms with Gasteiger partial charge in [-0.2, -0.15) is 0 Å². The Labute approximate surface area is 129 Å². The van der Waals surface area contributed by atoms with E-state index in [1.165, 1.54) is 17.0 Å². The van der Waals surface area contributed by atoms with E-state index in [2.05, 4.69) is 15.9 Å². The van der Waals surface area contributed by atoms with E-state index < -0.39 is 17.7 Å². The molecule has 0 aromatic heterocycles. The Bertz CT molecular complexity index is 560. The van der Waals surface area contributed by atoms with Crippen LogP contribution in [0.5, 0.6) is 5.75 Å². The van der Waals surface area contributed by atoms with Gasteiger partial charge in [0.05, 0.1) is 5.92 Å². The van der Waals surface area contributed by atoms with Gasteiger partial charge in [0.15, 0.2) is 18.2 Å². The second-order valence-corrected chi connectivity index (χ2v) is 5.96. The molecule has 1 unspecified atom stereocenters. The van der Waals surface area contributed by atoms with Crippen LogP contribution < -0.4 is 4.74 Å². The first kappa shape index (κ1) is 15.8. The van der Waals surface area contributed by atoms with Gasteiger partial charge in [0, 0.05) is 23.5 Å². The van der Waals surface area contributed by atoms with Crippen molar-refractivity contribution < 1.29 is 23.8 Å². The van der Waals surface area contributed by atoms with Crippen LogP contribution in [0.1, 0.15) is 6.92 Å². The molecule has 21 heavy (non-hydrogen) atoms. The summed E-state index contributed by atoms with van der Waals surface area (Å²) in [6.07, 6.45) is 0. The van der Waals surface area contributed by atoms with Gasteiger partial charge in [0.25, 0.3) is 5.91 Å². The molecule has 1 aliphatic heterocycles. The summed E-state index contributed by atoms with van der Waals surface area (Å²) < 4.78 is 19.2. The molecule has 2 rings (SSSR count). The molecule has 0 saturated carbocycles. The predicted octanol–water partition coefficient (Wildman–Crippen LogP) is 2.15. The Hall–Kier alpha value is -1.63. The van der Waals surface area contributed by atoms with Crippen molar-refractivity contribution in [2.24, 2.45) is 11.8 Å². The number of carboxylic acid groups (broad SMARTS) is 1. The van der Waals surface area contributed by atoms with Crippen molar-refractivity contribution >= 4 is 27.8 Å². The van der Waals surface area contributed by atoms with Crippen LogP contribution in [0.2, 0.25) is 0 Å². The third-order valence-corrected chi connectivity index (χ3v) is 4.10. The molecule has 1 aromatic carbocycles. The summed E-state index contributed by atoms with van der Waals surface area (Å²) >= 11 is 3.13. The van der Waals surface area contributed by atoms with Crippen molar-refractivity contribution in [1.82, 2.24) is 4.90 Å². The van der Waals surface area contributed by atoms with Crippen LogP contribution in [-0.4, -0.2) is 41.6 Å². The van der Waals surface area contributed by atoms with Gasteiger partial charge in [-0.3, -0.25) is 9.59 Å². The molecule has 1 amide bonds. The smallest absolute Gasteiger partial charge is 0.306 e. The van der Waals surface area contributed by atoms with Crippen molar-refractivity contribution in [3.05, 3.63) is 28.5 Å². The van der Waals surface area contributed by atoms with Gasteiger partial charge in [0.1, 0.15) is 0 Å². The van der Waals surface area contributed by atoms with Crippen LogP contribution >= 0.6 is 15.9 Å². The van der Waals surface area contributed by atoms with E-state index >= 15 is 0 Å². The number of hydrogen-bond donors (Lipinski definition) is 1. The van der Waals surface area contributed by atoms with Crippen LogP contribution in [0.3, 0.4) is 0 Å². The largest absolute Gasteiger partial charge is 0.481 e. The average molecular weight is 360 g/mol. The fraction of sp³-hybridized carbons (Fsp3) is 0.429. The fourth-order valence-corrected chi connectivity index (χ4v) is 2.39. The molecule has 1 aromatic rings. The normalized spacial score (nSPS) is 16.2. The van der Waals surface area contributed by atoms with Gasteiger partial charge >= 0.3 is 5.97 Å². The molecule has 114 valence electrons. The summed E-state index contributed by atoms with van der Waals surface area (Å²) in [7, 11) is 0. The maximum atomic E-state index is 13.5. The molecule has 1 atom stereocenters. The lowest BCUT2D eigenvalue weighted by molar-refractivity contribution is -0.151. The molecule has 1 heterocycles. The number of likely N-dealkylation sites (tertiary alicyclic amines) is 1. The zero-order valence-electron chi connectivity index (χ0n) is 11.4. The SMILES string of the molecule is CC(C(=O)O)C1CN(C(=O)COc2ccc(Br)cc2F)C1. The van der Waals surface area contributed by atoms with Gasteiger partial charge in [-0.05, 0) is 18.2 Å². The van der Waals surface area contributed by atoms with E-state index in [4.69, 9.17) is 9.84 Å². The van der Waals surface area contributed by atoms with E-state index in [9.17, 15) is 14.0 Å². The summed E-state index contributed by atoms with van der Waals surface area (Å²) in [6.45, 7) is 2.17. The molecule has 0 bridgehead atoms. The number of amides is 1. The number of halogens is 2. The Morgan fingerprint density at radius 2 is 2.19 bits per heavy atom. The minimum absolute atomic E-state index is 0.0162. The average Bonchev–Trinajstić information content (AvgIpc) is 2.35. The molecule has 0 spiro atoms. The van der Waals surface area contributed by atoms with Crippen LogP contribution in [-0.2, 0) is 9.59 Å². The van der Waals surface area contributed by atoms with E-state index in [1.807, 2.05) is 0 Å². The molecule has 1 aliphatic rings. The first-order chi connectivity index (χ1) is 9.88. The Morgan fingerprint density at radius 1 is 1.52 bits per heavy atom. The van der Waals surface area contributed by atoms with Gasteiger partial charge in [-0.1, -0.05) is 22.9 Å². The number of benzene rings is 1. The summed E-state index contributed by atoms with van der Waals surface area (Å²) in [4.78, 5) is 24.2. The van der Waals surface area contributed by atoms with Crippen LogP contribution in [0.4, 0.5) is 4.39 Å². The van der Waals surface area contributed by atoms with Crippen molar-refractivity contribution in [2.75, 3.05) is 19.7 Å². The number of aliphatic carboxylic acids is 1. The number of hydrogen-bond acceptors (Lipinski definition) is 3. The predicted molar refractivity (Wildman–Crippen MR) is 76.5 cm³/mol. The summed E-state index contributed by atoms with van der Waals surface area (Å²) in [5.74, 6) is -2.16. The zero-order chi connectivity index (χ0) is 15.6. The highest BCUT2D eigenvalue weighted by atomic mass is 79.9. The second-order valence-electron chi connectivity index (χ2n) is 5.05. The molecule has 1 saturated heterocycles. The Balaban J connectivity index is 1.80. The van der Waals surface area contributed by atoms with E-state index in [-0.39, 0.29) is 24.2 Å². The highest BCUT2D eigenvalue weighted by molar-refractivity contribution is 9.10. The molecule has 1 fully saturated rings. The topological polar surface area (TPSA) is 66.8 Å². The van der Waals surface area contributed by atoms with Crippen molar-refractivity contribution in [1.29, 1.82) is 0 Å². The number of nitrogens with zero attached hydrogens (tertiary/aromatic N) is 1. The summed E-state index contributed by atoms with van der Waals surface area (Å²) in [5.41, 5.74) is 0. The Kier molecular flexibility index (Phi) is 4.82. The molecule has 0 aliphatic carbocycles. The minimum atomic E-state index is -0.861. The molecular formula is C14H15BrFNO4. The third kappa shape index (κ3) is 3.72. The molecule has 5 nitrogen and oxygen atoms in total. The van der Waals surface area contributed by atoms with Gasteiger partial charge in [0.2, 0.25) is 0 Å². The highest BCUT2D eigenvalue weighted by Crippen LogP contribution is 2.25. The third-order valence-electron chi connectivity index (χ3n) is 3.60. The highest BCUT2D eigenvalue weighted by Gasteiger charge is 2.37. The molecule has 7 heteroatoms. The van der Waals surface area contributed by atoms with E-state index in [1.54, 1.807) is 13.0 Å². The van der Waals surface area contributed by atoms with E-state index in [0.29, 0.717) is 17.6 Å². The Morgan fingerprint density at radius 3 is 2.76 bits per heavy atom. The molecular weight excluding hydrogens is 345 g/mol. The lowest BCUT2D eigenvalue weighted by Gasteiger charge is -2.41. The van der Waals surface area contributed by atoms with E-state index in [0.717, 1.165) is 0 Å². The van der Waals surface area contributed by atoms with Gasteiger partial charge < -0.3 is 14.7 Å². The number of carbonyl (C=O) groups is 2. The number of ether oxygens (including phenoxy) is 1. The standard InChI is InChI=1S/C14H15BrFNO4/c1-8(14(19)20)9-5-17(6-9)13(18)7-21-12-3-2-10(15)4-11(12)16/h2-4,8-9H,5-7H2,1H3,(H,19,20). The maximum absolute atomic E-state index is 13.5. The summed E-state index contributed by atoms with van der Waals surface area (Å²) in [6, 6.07) is 4.32. The van der Waals surface area contributed by atoms with Crippen LogP contribution in [0, 0.1) is 17.7 Å². The first-order valence-corrected chi connectivity index (χ1v) is 7.26. The van der Waals surface area contributed by atoms with Crippen molar-refractivity contribution in [3.63, 3.8) is 0 Å². The van der Waals surface area contributed by atoms with Gasteiger partial charge in [-0.25, -0.2) is 4.39 Å². The number of carbonyl (C=O) groups excluding carboxylic acids is 1. The van der Waals surface area contributed by atoms with Crippen LogP contribution in [0.15, 0.2) is 22.7 Å². The van der Waals surface area contributed by atoms with Crippen molar-refractivity contribution in [2.45, 2.75) is 6.92 Å². The molecule has 1 N–H and O–H groups in total. The lowest BCUT2D eigenvalue weighted by atomic mass is 9.87. The lowest BCUT2D eigenvalue weighted by Crippen LogP contribution is -2.54.